The maximum atomic E-state index is 11.0. The third-order valence-electron chi connectivity index (χ3n) is 1.85. The number of sulfonamides is 1. The molecule has 0 spiro atoms. The lowest BCUT2D eigenvalue weighted by Crippen LogP contribution is -2.14. The number of fused-ring (bicyclic) bond motifs is 1. The van der Waals surface area contributed by atoms with Gasteiger partial charge in [0, 0.05) is 11.4 Å². The molecule has 0 aromatic carbocycles. The highest BCUT2D eigenvalue weighted by atomic mass is 32.2. The number of primary sulfonamides is 1. The van der Waals surface area contributed by atoms with Gasteiger partial charge < -0.3 is 0 Å². The quantitative estimate of drug-likeness (QED) is 0.699. The number of hydrogen-bond acceptors (Lipinski definition) is 5. The highest BCUT2D eigenvalue weighted by molar-refractivity contribution is 7.89. The topological polar surface area (TPSA) is 103 Å². The van der Waals surface area contributed by atoms with Crippen LogP contribution in [0.4, 0.5) is 0 Å². The molecule has 2 N–H and O–H groups in total. The lowest BCUT2D eigenvalue weighted by atomic mass is 10.4. The summed E-state index contributed by atoms with van der Waals surface area (Å²) in [6.45, 7) is 3.57. The molecule has 2 heterocycles. The van der Waals surface area contributed by atoms with Crippen LogP contribution in [0.25, 0.3) is 5.78 Å². The molecule has 0 amide bonds. The van der Waals surface area contributed by atoms with Crippen molar-refractivity contribution in [2.75, 3.05) is 0 Å². The maximum Gasteiger partial charge on any atom is 0.284 e. The Labute approximate surface area is 86.0 Å². The van der Waals surface area contributed by atoms with Gasteiger partial charge in [-0.05, 0) is 19.9 Å². The van der Waals surface area contributed by atoms with Gasteiger partial charge in [-0.15, -0.1) is 5.10 Å². The zero-order chi connectivity index (χ0) is 11.2. The van der Waals surface area contributed by atoms with E-state index in [9.17, 15) is 8.42 Å². The summed E-state index contributed by atoms with van der Waals surface area (Å²) >= 11 is 0. The lowest BCUT2D eigenvalue weighted by Gasteiger charge is -1.97. The minimum Gasteiger partial charge on any atom is -0.222 e. The average molecular weight is 227 g/mol. The second kappa shape index (κ2) is 2.97. The van der Waals surface area contributed by atoms with E-state index in [1.54, 1.807) is 19.9 Å². The highest BCUT2D eigenvalue weighted by Gasteiger charge is 2.16. The summed E-state index contributed by atoms with van der Waals surface area (Å²) in [6.07, 6.45) is 0. The number of aromatic nitrogens is 4. The molecule has 0 aliphatic carbocycles. The Morgan fingerprint density at radius 3 is 2.60 bits per heavy atom. The van der Waals surface area contributed by atoms with E-state index < -0.39 is 15.2 Å². The molecule has 0 aliphatic rings. The normalized spacial score (nSPS) is 12.2. The molecule has 0 atom stereocenters. The van der Waals surface area contributed by atoms with Crippen LogP contribution in [0.5, 0.6) is 0 Å². The van der Waals surface area contributed by atoms with Crippen LogP contribution in [0.15, 0.2) is 11.2 Å². The first-order chi connectivity index (χ1) is 6.88. The minimum absolute atomic E-state index is 0.233. The van der Waals surface area contributed by atoms with Gasteiger partial charge in [0.1, 0.15) is 0 Å². The smallest absolute Gasteiger partial charge is 0.222 e. The first kappa shape index (κ1) is 9.99. The molecule has 8 heteroatoms. The van der Waals surface area contributed by atoms with Crippen molar-refractivity contribution in [2.45, 2.75) is 19.0 Å². The summed E-state index contributed by atoms with van der Waals surface area (Å²) in [7, 11) is -3.88. The average Bonchev–Trinajstić information content (AvgIpc) is 2.46. The fraction of sp³-hybridized carbons (Fsp3) is 0.286. The Morgan fingerprint density at radius 2 is 2.00 bits per heavy atom. The van der Waals surface area contributed by atoms with Crippen LogP contribution in [-0.4, -0.2) is 28.0 Å². The van der Waals surface area contributed by atoms with Gasteiger partial charge in [-0.25, -0.2) is 23.1 Å². The maximum absolute atomic E-state index is 11.0. The fourth-order valence-electron chi connectivity index (χ4n) is 1.27. The molecule has 2 aromatic heterocycles. The third kappa shape index (κ3) is 1.68. The largest absolute Gasteiger partial charge is 0.284 e. The van der Waals surface area contributed by atoms with Crippen LogP contribution in [0, 0.1) is 13.8 Å². The zero-order valence-electron chi connectivity index (χ0n) is 8.17. The Kier molecular flexibility index (Phi) is 1.98. The van der Waals surface area contributed by atoms with Gasteiger partial charge in [0.05, 0.1) is 0 Å². The number of aryl methyl sites for hydroxylation is 2. The summed E-state index contributed by atoms with van der Waals surface area (Å²) in [5, 5.41) is 8.26. The molecule has 15 heavy (non-hydrogen) atoms. The molecular weight excluding hydrogens is 218 g/mol. The second-order valence-corrected chi connectivity index (χ2v) is 4.65. The lowest BCUT2D eigenvalue weighted by molar-refractivity contribution is 0.588. The summed E-state index contributed by atoms with van der Waals surface area (Å²) < 4.78 is 23.4. The van der Waals surface area contributed by atoms with Crippen LogP contribution in [0.3, 0.4) is 0 Å². The predicted molar refractivity (Wildman–Crippen MR) is 51.6 cm³/mol. The van der Waals surface area contributed by atoms with Crippen LogP contribution in [0.2, 0.25) is 0 Å². The minimum atomic E-state index is -3.88. The molecular formula is C7H9N5O2S. The fourth-order valence-corrected chi connectivity index (χ4v) is 1.67. The van der Waals surface area contributed by atoms with Crippen molar-refractivity contribution >= 4 is 15.8 Å². The molecule has 0 saturated heterocycles. The number of rotatable bonds is 1. The molecule has 7 nitrogen and oxygen atoms in total. The van der Waals surface area contributed by atoms with Gasteiger partial charge in [0.15, 0.2) is 0 Å². The third-order valence-corrected chi connectivity index (χ3v) is 2.54. The highest BCUT2D eigenvalue weighted by Crippen LogP contribution is 2.07. The van der Waals surface area contributed by atoms with E-state index >= 15 is 0 Å². The monoisotopic (exact) mass is 227 g/mol. The first-order valence-electron chi connectivity index (χ1n) is 4.12. The van der Waals surface area contributed by atoms with Crippen molar-refractivity contribution in [1.29, 1.82) is 0 Å². The van der Waals surface area contributed by atoms with E-state index in [4.69, 9.17) is 5.14 Å². The summed E-state index contributed by atoms with van der Waals surface area (Å²) in [6, 6.07) is 1.77. The number of nitrogens with two attached hydrogens (primary N) is 1. The molecule has 2 rings (SSSR count). The summed E-state index contributed by atoms with van der Waals surface area (Å²) in [4.78, 5) is 7.77. The molecule has 0 radical (unpaired) electrons. The van der Waals surface area contributed by atoms with Gasteiger partial charge >= 0.3 is 0 Å². The molecule has 0 fully saturated rings. The Hall–Kier alpha value is -1.54. The van der Waals surface area contributed by atoms with E-state index in [-0.39, 0.29) is 5.78 Å². The Bertz CT molecular complexity index is 630. The van der Waals surface area contributed by atoms with Crippen LogP contribution in [0.1, 0.15) is 11.4 Å². The van der Waals surface area contributed by atoms with Crippen LogP contribution < -0.4 is 5.14 Å². The number of hydrogen-bond donors (Lipinski definition) is 1. The predicted octanol–water partition coefficient (Wildman–Crippen LogP) is -0.611. The second-order valence-electron chi connectivity index (χ2n) is 3.19. The van der Waals surface area contributed by atoms with Gasteiger partial charge in [0.2, 0.25) is 0 Å². The standard InChI is InChI=1S/C7H9N5O2S/c1-4-3-5(2)12-6(9-4)10-7(11-12)15(8,13)14/h3H,1-2H3,(H2,8,13,14). The first-order valence-corrected chi connectivity index (χ1v) is 5.66. The SMILES string of the molecule is Cc1cc(C)n2nc(S(N)(=O)=O)nc2n1. The molecule has 80 valence electrons. The van der Waals surface area contributed by atoms with E-state index in [2.05, 4.69) is 15.1 Å². The Balaban J connectivity index is 2.82. The van der Waals surface area contributed by atoms with Crippen LogP contribution >= 0.6 is 0 Å². The summed E-state index contributed by atoms with van der Waals surface area (Å²) in [5.41, 5.74) is 1.49. The molecule has 0 unspecified atom stereocenters. The van der Waals surface area contributed by atoms with E-state index in [1.165, 1.54) is 4.52 Å². The van der Waals surface area contributed by atoms with Gasteiger partial charge in [-0.3, -0.25) is 0 Å². The van der Waals surface area contributed by atoms with Gasteiger partial charge in [-0.1, -0.05) is 0 Å². The van der Waals surface area contributed by atoms with E-state index in [0.29, 0.717) is 0 Å². The van der Waals surface area contributed by atoms with Crippen molar-refractivity contribution < 1.29 is 8.42 Å². The number of nitrogens with zero attached hydrogens (tertiary/aromatic N) is 4. The molecule has 0 saturated carbocycles. The molecule has 0 aliphatic heterocycles. The van der Waals surface area contributed by atoms with Crippen LogP contribution in [-0.2, 0) is 10.0 Å². The van der Waals surface area contributed by atoms with Crippen molar-refractivity contribution in [1.82, 2.24) is 19.6 Å². The van der Waals surface area contributed by atoms with Gasteiger partial charge in [0.25, 0.3) is 21.0 Å². The molecule has 2 aromatic rings. The van der Waals surface area contributed by atoms with E-state index in [1.807, 2.05) is 0 Å². The van der Waals surface area contributed by atoms with Crippen molar-refractivity contribution in [3.05, 3.63) is 17.5 Å². The molecule has 0 bridgehead atoms. The van der Waals surface area contributed by atoms with Crippen molar-refractivity contribution in [3.63, 3.8) is 0 Å². The zero-order valence-corrected chi connectivity index (χ0v) is 8.98. The van der Waals surface area contributed by atoms with Crippen molar-refractivity contribution in [3.8, 4) is 0 Å². The Morgan fingerprint density at radius 1 is 1.33 bits per heavy atom. The summed E-state index contributed by atoms with van der Waals surface area (Å²) in [5.74, 6) is 0.233. The van der Waals surface area contributed by atoms with Gasteiger partial charge in [-0.2, -0.15) is 4.98 Å². The van der Waals surface area contributed by atoms with E-state index in [0.717, 1.165) is 11.4 Å². The van der Waals surface area contributed by atoms with Crippen molar-refractivity contribution in [2.24, 2.45) is 5.14 Å².